The highest BCUT2D eigenvalue weighted by Crippen LogP contribution is 2.09. The molecule has 0 aliphatic heterocycles. The van der Waals surface area contributed by atoms with Gasteiger partial charge in [0.05, 0.1) is 6.54 Å². The van der Waals surface area contributed by atoms with Gasteiger partial charge in [0.1, 0.15) is 0 Å². The molecule has 0 aliphatic carbocycles. The molecule has 2 N–H and O–H groups in total. The van der Waals surface area contributed by atoms with Crippen LogP contribution in [0.3, 0.4) is 0 Å². The number of ketones is 1. The van der Waals surface area contributed by atoms with Crippen LogP contribution in [0.4, 0.5) is 0 Å². The van der Waals surface area contributed by atoms with Gasteiger partial charge in [0.2, 0.25) is 0 Å². The highest BCUT2D eigenvalue weighted by atomic mass is 79.9. The maximum atomic E-state index is 11.0. The molecule has 1 aromatic heterocycles. The van der Waals surface area contributed by atoms with Crippen LogP contribution in [0.5, 0.6) is 0 Å². The van der Waals surface area contributed by atoms with Crippen LogP contribution in [0.15, 0.2) is 22.9 Å². The van der Waals surface area contributed by atoms with E-state index in [4.69, 9.17) is 5.73 Å². The number of nitrogens with zero attached hydrogens (tertiary/aromatic N) is 1. The molecule has 1 aromatic rings. The Balaban J connectivity index is 2.96. The molecule has 0 unspecified atom stereocenters. The maximum Gasteiger partial charge on any atom is 0.177 e. The summed E-state index contributed by atoms with van der Waals surface area (Å²) in [5.41, 5.74) is 5.70. The summed E-state index contributed by atoms with van der Waals surface area (Å²) in [5.74, 6) is -0.0983. The molecule has 11 heavy (non-hydrogen) atoms. The van der Waals surface area contributed by atoms with Crippen molar-refractivity contribution in [3.05, 3.63) is 28.5 Å². The van der Waals surface area contributed by atoms with E-state index >= 15 is 0 Å². The molecule has 1 rings (SSSR count). The van der Waals surface area contributed by atoms with E-state index in [1.54, 1.807) is 12.3 Å². The highest BCUT2D eigenvalue weighted by Gasteiger charge is 2.02. The number of carbonyl (C=O) groups is 1. The van der Waals surface area contributed by atoms with Gasteiger partial charge in [-0.2, -0.15) is 0 Å². The Bertz CT molecular complexity index is 275. The minimum atomic E-state index is -0.0983. The van der Waals surface area contributed by atoms with Gasteiger partial charge in [0, 0.05) is 22.4 Å². The summed E-state index contributed by atoms with van der Waals surface area (Å²) in [6.07, 6.45) is 3.12. The molecule has 0 radical (unpaired) electrons. The average Bonchev–Trinajstić information content (AvgIpc) is 2.03. The van der Waals surface area contributed by atoms with E-state index in [-0.39, 0.29) is 12.3 Å². The van der Waals surface area contributed by atoms with Crippen molar-refractivity contribution in [3.8, 4) is 0 Å². The van der Waals surface area contributed by atoms with Crippen LogP contribution >= 0.6 is 15.9 Å². The predicted octanol–water partition coefficient (Wildman–Crippen LogP) is 0.985. The fourth-order valence-electron chi connectivity index (χ4n) is 0.682. The lowest BCUT2D eigenvalue weighted by Gasteiger charge is -1.95. The number of carbonyl (C=O) groups excluding carboxylic acids is 1. The van der Waals surface area contributed by atoms with Gasteiger partial charge in [0.25, 0.3) is 0 Å². The van der Waals surface area contributed by atoms with Crippen molar-refractivity contribution in [2.45, 2.75) is 0 Å². The molecule has 58 valence electrons. The number of halogens is 1. The van der Waals surface area contributed by atoms with Crippen LogP contribution in [0.2, 0.25) is 0 Å². The molecule has 0 spiro atoms. The van der Waals surface area contributed by atoms with Crippen LogP contribution in [0.1, 0.15) is 10.4 Å². The minimum Gasteiger partial charge on any atom is -0.324 e. The van der Waals surface area contributed by atoms with Crippen LogP contribution < -0.4 is 5.73 Å². The maximum absolute atomic E-state index is 11.0. The van der Waals surface area contributed by atoms with E-state index in [0.717, 1.165) is 4.47 Å². The number of hydrogen-bond acceptors (Lipinski definition) is 3. The molecule has 0 aromatic carbocycles. The molecule has 0 fully saturated rings. The van der Waals surface area contributed by atoms with Crippen LogP contribution in [-0.2, 0) is 0 Å². The van der Waals surface area contributed by atoms with E-state index in [1.165, 1.54) is 6.20 Å². The first kappa shape index (κ1) is 8.36. The van der Waals surface area contributed by atoms with Crippen molar-refractivity contribution in [1.29, 1.82) is 0 Å². The monoisotopic (exact) mass is 214 g/mol. The Morgan fingerprint density at radius 3 is 2.91 bits per heavy atom. The summed E-state index contributed by atoms with van der Waals surface area (Å²) >= 11 is 3.20. The number of rotatable bonds is 2. The van der Waals surface area contributed by atoms with Crippen molar-refractivity contribution in [2.75, 3.05) is 6.54 Å². The first-order valence-corrected chi connectivity index (χ1v) is 3.87. The zero-order valence-electron chi connectivity index (χ0n) is 5.75. The predicted molar refractivity (Wildman–Crippen MR) is 45.3 cm³/mol. The summed E-state index contributed by atoms with van der Waals surface area (Å²) in [5, 5.41) is 0. The fourth-order valence-corrected chi connectivity index (χ4v) is 1.05. The third-order valence-electron chi connectivity index (χ3n) is 1.21. The van der Waals surface area contributed by atoms with Gasteiger partial charge in [-0.1, -0.05) is 0 Å². The van der Waals surface area contributed by atoms with Crippen LogP contribution in [-0.4, -0.2) is 17.3 Å². The van der Waals surface area contributed by atoms with Crippen molar-refractivity contribution < 1.29 is 4.79 Å². The molecule has 0 atom stereocenters. The number of hydrogen-bond donors (Lipinski definition) is 1. The van der Waals surface area contributed by atoms with E-state index in [9.17, 15) is 4.79 Å². The fraction of sp³-hybridized carbons (Fsp3) is 0.143. The van der Waals surface area contributed by atoms with E-state index in [1.807, 2.05) is 0 Å². The van der Waals surface area contributed by atoms with Gasteiger partial charge in [-0.3, -0.25) is 9.78 Å². The van der Waals surface area contributed by atoms with Gasteiger partial charge < -0.3 is 5.73 Å². The van der Waals surface area contributed by atoms with Gasteiger partial charge in [0.15, 0.2) is 5.78 Å². The lowest BCUT2D eigenvalue weighted by atomic mass is 10.2. The molecule has 1 heterocycles. The summed E-state index contributed by atoms with van der Waals surface area (Å²) in [7, 11) is 0. The highest BCUT2D eigenvalue weighted by molar-refractivity contribution is 9.10. The van der Waals surface area contributed by atoms with Crippen molar-refractivity contribution in [1.82, 2.24) is 4.98 Å². The van der Waals surface area contributed by atoms with Gasteiger partial charge in [-0.15, -0.1) is 0 Å². The standard InChI is InChI=1S/C7H7BrN2O/c8-6-1-5(3-10-4-6)7(11)2-9/h1,3-4H,2,9H2. The van der Waals surface area contributed by atoms with Gasteiger partial charge in [-0.05, 0) is 22.0 Å². The zero-order valence-corrected chi connectivity index (χ0v) is 7.34. The Morgan fingerprint density at radius 1 is 1.64 bits per heavy atom. The molecular formula is C7H7BrN2O. The topological polar surface area (TPSA) is 56.0 Å². The number of pyridine rings is 1. The Hall–Kier alpha value is -0.740. The summed E-state index contributed by atoms with van der Waals surface area (Å²) in [6, 6.07) is 1.70. The Labute approximate surface area is 72.7 Å². The summed E-state index contributed by atoms with van der Waals surface area (Å²) < 4.78 is 0.789. The molecule has 0 bridgehead atoms. The number of Topliss-reactive ketones (excluding diaryl/α,β-unsaturated/α-hetero) is 1. The molecule has 3 nitrogen and oxygen atoms in total. The minimum absolute atomic E-state index is 0.0259. The normalized spacial score (nSPS) is 9.64. The molecule has 0 saturated carbocycles. The second kappa shape index (κ2) is 3.59. The van der Waals surface area contributed by atoms with Crippen molar-refractivity contribution in [3.63, 3.8) is 0 Å². The quantitative estimate of drug-likeness (QED) is 0.748. The molecular weight excluding hydrogens is 208 g/mol. The lowest BCUT2D eigenvalue weighted by Crippen LogP contribution is -2.13. The van der Waals surface area contributed by atoms with Crippen molar-refractivity contribution >= 4 is 21.7 Å². The summed E-state index contributed by atoms with van der Waals surface area (Å²) in [4.78, 5) is 14.8. The first-order chi connectivity index (χ1) is 5.24. The Kier molecular flexibility index (Phi) is 2.73. The van der Waals surface area contributed by atoms with E-state index in [0.29, 0.717) is 5.56 Å². The molecule has 0 aliphatic rings. The molecule has 4 heteroatoms. The van der Waals surface area contributed by atoms with Crippen molar-refractivity contribution in [2.24, 2.45) is 5.73 Å². The average molecular weight is 215 g/mol. The number of aromatic nitrogens is 1. The third-order valence-corrected chi connectivity index (χ3v) is 1.65. The molecule has 0 saturated heterocycles. The van der Waals surface area contributed by atoms with Gasteiger partial charge in [-0.25, -0.2) is 0 Å². The van der Waals surface area contributed by atoms with Crippen LogP contribution in [0.25, 0.3) is 0 Å². The largest absolute Gasteiger partial charge is 0.324 e. The second-order valence-corrected chi connectivity index (χ2v) is 2.93. The van der Waals surface area contributed by atoms with Gasteiger partial charge >= 0.3 is 0 Å². The molecule has 0 amide bonds. The third kappa shape index (κ3) is 2.10. The van der Waals surface area contributed by atoms with E-state index in [2.05, 4.69) is 20.9 Å². The zero-order chi connectivity index (χ0) is 8.27. The lowest BCUT2D eigenvalue weighted by molar-refractivity contribution is 0.100. The summed E-state index contributed by atoms with van der Waals surface area (Å²) in [6.45, 7) is 0.0259. The van der Waals surface area contributed by atoms with Crippen LogP contribution in [0, 0.1) is 0 Å². The SMILES string of the molecule is NCC(=O)c1cncc(Br)c1. The number of nitrogens with two attached hydrogens (primary N) is 1. The smallest absolute Gasteiger partial charge is 0.177 e. The first-order valence-electron chi connectivity index (χ1n) is 3.08. The Morgan fingerprint density at radius 2 is 2.36 bits per heavy atom. The van der Waals surface area contributed by atoms with E-state index < -0.39 is 0 Å². The second-order valence-electron chi connectivity index (χ2n) is 2.02.